The van der Waals surface area contributed by atoms with E-state index in [9.17, 15) is 18.0 Å². The van der Waals surface area contributed by atoms with Gasteiger partial charge in [0.25, 0.3) is 0 Å². The standard InChI is InChI=1S/C11H9F3O3/c12-11(13,14)7-1-3-8(4-2-7)17-10(5-6-10)9(15)16/h1-4H,5-6H2,(H,15,16). The predicted molar refractivity (Wildman–Crippen MR) is 51.7 cm³/mol. The average Bonchev–Trinajstić information content (AvgIpc) is 2.98. The van der Waals surface area contributed by atoms with Gasteiger partial charge in [0, 0.05) is 12.8 Å². The lowest BCUT2D eigenvalue weighted by atomic mass is 10.2. The second-order valence-corrected chi connectivity index (χ2v) is 3.92. The largest absolute Gasteiger partial charge is 0.478 e. The number of carboxylic acids is 1. The number of benzene rings is 1. The van der Waals surface area contributed by atoms with E-state index in [1.54, 1.807) is 0 Å². The molecule has 0 saturated heterocycles. The van der Waals surface area contributed by atoms with Gasteiger partial charge in [0.2, 0.25) is 5.60 Å². The van der Waals surface area contributed by atoms with Crippen molar-refractivity contribution in [3.05, 3.63) is 29.8 Å². The van der Waals surface area contributed by atoms with E-state index in [2.05, 4.69) is 0 Å². The van der Waals surface area contributed by atoms with Crippen LogP contribution in [0.1, 0.15) is 18.4 Å². The third-order valence-corrected chi connectivity index (χ3v) is 2.59. The Morgan fingerprint density at radius 3 is 2.12 bits per heavy atom. The third-order valence-electron chi connectivity index (χ3n) is 2.59. The highest BCUT2D eigenvalue weighted by Gasteiger charge is 2.53. The van der Waals surface area contributed by atoms with Gasteiger partial charge in [-0.15, -0.1) is 0 Å². The zero-order chi connectivity index (χ0) is 12.7. The van der Waals surface area contributed by atoms with Crippen molar-refractivity contribution in [3.63, 3.8) is 0 Å². The molecule has 0 radical (unpaired) electrons. The molecule has 6 heteroatoms. The number of aliphatic carboxylic acids is 1. The molecular formula is C11H9F3O3. The Hall–Kier alpha value is -1.72. The molecule has 2 rings (SSSR count). The molecule has 0 aliphatic heterocycles. The van der Waals surface area contributed by atoms with Gasteiger partial charge in [-0.1, -0.05) is 0 Å². The summed E-state index contributed by atoms with van der Waals surface area (Å²) in [6.45, 7) is 0. The molecule has 17 heavy (non-hydrogen) atoms. The van der Waals surface area contributed by atoms with Crippen LogP contribution >= 0.6 is 0 Å². The number of alkyl halides is 3. The lowest BCUT2D eigenvalue weighted by molar-refractivity contribution is -0.147. The second kappa shape index (κ2) is 3.65. The van der Waals surface area contributed by atoms with E-state index < -0.39 is 23.3 Å². The first kappa shape index (κ1) is 11.8. The van der Waals surface area contributed by atoms with Crippen molar-refractivity contribution in [2.45, 2.75) is 24.6 Å². The molecule has 1 fully saturated rings. The minimum Gasteiger partial charge on any atom is -0.478 e. The number of carboxylic acid groups (broad SMARTS) is 1. The summed E-state index contributed by atoms with van der Waals surface area (Å²) in [5, 5.41) is 8.84. The maximum absolute atomic E-state index is 12.3. The molecule has 1 N–H and O–H groups in total. The Bertz CT molecular complexity index is 432. The van der Waals surface area contributed by atoms with Crippen LogP contribution in [0.3, 0.4) is 0 Å². The van der Waals surface area contributed by atoms with E-state index in [4.69, 9.17) is 9.84 Å². The molecule has 0 aromatic heterocycles. The number of ether oxygens (including phenoxy) is 1. The van der Waals surface area contributed by atoms with Crippen molar-refractivity contribution >= 4 is 5.97 Å². The minimum atomic E-state index is -4.40. The molecule has 92 valence electrons. The number of hydrogen-bond donors (Lipinski definition) is 1. The molecule has 1 aliphatic carbocycles. The Balaban J connectivity index is 2.12. The number of carbonyl (C=O) groups is 1. The Morgan fingerprint density at radius 1 is 1.24 bits per heavy atom. The molecule has 1 aromatic rings. The molecule has 0 amide bonds. The van der Waals surface area contributed by atoms with Crippen LogP contribution in [0.25, 0.3) is 0 Å². The first-order valence-corrected chi connectivity index (χ1v) is 4.93. The molecule has 1 aromatic carbocycles. The van der Waals surface area contributed by atoms with E-state index >= 15 is 0 Å². The molecule has 0 bridgehead atoms. The van der Waals surface area contributed by atoms with Gasteiger partial charge in [0.1, 0.15) is 5.75 Å². The number of halogens is 3. The Kier molecular flexibility index (Phi) is 2.52. The summed E-state index contributed by atoms with van der Waals surface area (Å²) in [6.07, 6.45) is -3.64. The fourth-order valence-electron chi connectivity index (χ4n) is 1.41. The zero-order valence-electron chi connectivity index (χ0n) is 8.62. The summed E-state index contributed by atoms with van der Waals surface area (Å²) in [5.74, 6) is -0.949. The normalized spacial score (nSPS) is 17.6. The van der Waals surface area contributed by atoms with Crippen LogP contribution < -0.4 is 4.74 Å². The van der Waals surface area contributed by atoms with E-state index in [1.165, 1.54) is 0 Å². The topological polar surface area (TPSA) is 46.5 Å². The molecule has 0 heterocycles. The quantitative estimate of drug-likeness (QED) is 0.891. The van der Waals surface area contributed by atoms with Crippen LogP contribution in [0, 0.1) is 0 Å². The first-order chi connectivity index (χ1) is 7.83. The molecule has 1 aliphatic rings. The zero-order valence-corrected chi connectivity index (χ0v) is 8.62. The number of hydrogen-bond acceptors (Lipinski definition) is 2. The van der Waals surface area contributed by atoms with Gasteiger partial charge in [-0.3, -0.25) is 0 Å². The summed E-state index contributed by atoms with van der Waals surface area (Å²) in [4.78, 5) is 10.8. The molecule has 0 spiro atoms. The Labute approximate surface area is 94.8 Å². The minimum absolute atomic E-state index is 0.137. The van der Waals surface area contributed by atoms with E-state index in [-0.39, 0.29) is 5.75 Å². The van der Waals surface area contributed by atoms with Crippen molar-refractivity contribution in [2.75, 3.05) is 0 Å². The van der Waals surface area contributed by atoms with Crippen LogP contribution in [0.15, 0.2) is 24.3 Å². The Morgan fingerprint density at radius 2 is 1.76 bits per heavy atom. The summed E-state index contributed by atoms with van der Waals surface area (Å²) >= 11 is 0. The molecule has 1 saturated carbocycles. The van der Waals surface area contributed by atoms with Gasteiger partial charge in [-0.2, -0.15) is 13.2 Å². The van der Waals surface area contributed by atoms with E-state index in [0.29, 0.717) is 12.8 Å². The summed E-state index contributed by atoms with van der Waals surface area (Å²) < 4.78 is 42.0. The van der Waals surface area contributed by atoms with Crippen molar-refractivity contribution in [1.82, 2.24) is 0 Å². The number of rotatable bonds is 3. The van der Waals surface area contributed by atoms with Gasteiger partial charge >= 0.3 is 12.1 Å². The maximum Gasteiger partial charge on any atom is 0.416 e. The van der Waals surface area contributed by atoms with Gasteiger partial charge < -0.3 is 9.84 Å². The average molecular weight is 246 g/mol. The lowest BCUT2D eigenvalue weighted by Crippen LogP contribution is -2.28. The van der Waals surface area contributed by atoms with Crippen LogP contribution in [0.5, 0.6) is 5.75 Å². The van der Waals surface area contributed by atoms with Crippen LogP contribution in [-0.4, -0.2) is 16.7 Å². The fraction of sp³-hybridized carbons (Fsp3) is 0.364. The third kappa shape index (κ3) is 2.35. The van der Waals surface area contributed by atoms with E-state index in [0.717, 1.165) is 24.3 Å². The first-order valence-electron chi connectivity index (χ1n) is 4.93. The van der Waals surface area contributed by atoms with Crippen LogP contribution in [0.2, 0.25) is 0 Å². The van der Waals surface area contributed by atoms with Gasteiger partial charge in [-0.05, 0) is 24.3 Å². The monoisotopic (exact) mass is 246 g/mol. The van der Waals surface area contributed by atoms with Crippen molar-refractivity contribution < 1.29 is 27.8 Å². The predicted octanol–water partition coefficient (Wildman–Crippen LogP) is 2.70. The van der Waals surface area contributed by atoms with Crippen molar-refractivity contribution in [3.8, 4) is 5.75 Å². The molecule has 0 unspecified atom stereocenters. The van der Waals surface area contributed by atoms with Gasteiger partial charge in [0.05, 0.1) is 5.56 Å². The van der Waals surface area contributed by atoms with Gasteiger partial charge in [-0.25, -0.2) is 4.79 Å². The van der Waals surface area contributed by atoms with E-state index in [1.807, 2.05) is 0 Å². The molecular weight excluding hydrogens is 237 g/mol. The van der Waals surface area contributed by atoms with Crippen molar-refractivity contribution in [2.24, 2.45) is 0 Å². The van der Waals surface area contributed by atoms with Crippen molar-refractivity contribution in [1.29, 1.82) is 0 Å². The maximum atomic E-state index is 12.3. The SMILES string of the molecule is O=C(O)C1(Oc2ccc(C(F)(F)F)cc2)CC1. The van der Waals surface area contributed by atoms with Crippen LogP contribution in [-0.2, 0) is 11.0 Å². The summed E-state index contributed by atoms with van der Waals surface area (Å²) in [6, 6.07) is 4.00. The lowest BCUT2D eigenvalue weighted by Gasteiger charge is -2.14. The fourth-order valence-corrected chi connectivity index (χ4v) is 1.41. The van der Waals surface area contributed by atoms with Crippen LogP contribution in [0.4, 0.5) is 13.2 Å². The summed E-state index contributed by atoms with van der Waals surface area (Å²) in [7, 11) is 0. The highest BCUT2D eigenvalue weighted by atomic mass is 19.4. The highest BCUT2D eigenvalue weighted by Crippen LogP contribution is 2.41. The second-order valence-electron chi connectivity index (χ2n) is 3.92. The summed E-state index contributed by atoms with van der Waals surface area (Å²) in [5.41, 5.74) is -2.02. The smallest absolute Gasteiger partial charge is 0.416 e. The highest BCUT2D eigenvalue weighted by molar-refractivity contribution is 5.81. The molecule has 3 nitrogen and oxygen atoms in total. The molecule has 0 atom stereocenters. The van der Waals surface area contributed by atoms with Gasteiger partial charge in [0.15, 0.2) is 0 Å².